The molecular formula is C21H19F5N4O3. The number of hydrogen-bond acceptors (Lipinski definition) is 6. The van der Waals surface area contributed by atoms with E-state index in [1.54, 1.807) is 0 Å². The van der Waals surface area contributed by atoms with Crippen molar-refractivity contribution in [1.82, 2.24) is 9.55 Å². The van der Waals surface area contributed by atoms with Gasteiger partial charge in [-0.1, -0.05) is 0 Å². The monoisotopic (exact) mass is 470 g/mol. The molecule has 1 aromatic heterocycles. The maximum atomic E-state index is 13.9. The van der Waals surface area contributed by atoms with E-state index in [4.69, 9.17) is 4.74 Å². The molecule has 1 aromatic carbocycles. The Kier molecular flexibility index (Phi) is 5.15. The third kappa shape index (κ3) is 3.85. The van der Waals surface area contributed by atoms with Crippen molar-refractivity contribution in [2.75, 3.05) is 29.5 Å². The molecule has 0 N–H and O–H groups in total. The molecule has 1 unspecified atom stereocenters. The summed E-state index contributed by atoms with van der Waals surface area (Å²) in [7, 11) is 0. The van der Waals surface area contributed by atoms with Gasteiger partial charge in [-0.25, -0.2) is 8.78 Å². The summed E-state index contributed by atoms with van der Waals surface area (Å²) in [6.07, 6.45) is -4.44. The third-order valence-electron chi connectivity index (χ3n) is 6.36. The summed E-state index contributed by atoms with van der Waals surface area (Å²) < 4.78 is 75.1. The quantitative estimate of drug-likeness (QED) is 0.506. The maximum Gasteiger partial charge on any atom is 0.408 e. The number of rotatable bonds is 4. The third-order valence-corrected chi connectivity index (χ3v) is 6.36. The van der Waals surface area contributed by atoms with E-state index >= 15 is 0 Å². The van der Waals surface area contributed by atoms with Gasteiger partial charge in [0.2, 0.25) is 5.95 Å². The number of halogens is 5. The topological polar surface area (TPSA) is 67.7 Å². The lowest BCUT2D eigenvalue weighted by Crippen LogP contribution is -2.54. The Morgan fingerprint density at radius 1 is 1.18 bits per heavy atom. The highest BCUT2D eigenvalue weighted by Crippen LogP contribution is 2.36. The summed E-state index contributed by atoms with van der Waals surface area (Å²) in [5.74, 6) is -3.36. The lowest BCUT2D eigenvalue weighted by molar-refractivity contribution is -0.152. The summed E-state index contributed by atoms with van der Waals surface area (Å²) in [4.78, 5) is 32.5. The van der Waals surface area contributed by atoms with Crippen LogP contribution in [0.3, 0.4) is 0 Å². The first-order valence-electron chi connectivity index (χ1n) is 10.4. The molecule has 12 heteroatoms. The van der Waals surface area contributed by atoms with Gasteiger partial charge in [0, 0.05) is 24.7 Å². The molecule has 3 aliphatic rings. The van der Waals surface area contributed by atoms with Gasteiger partial charge in [0.05, 0.1) is 25.3 Å². The average molecular weight is 470 g/mol. The van der Waals surface area contributed by atoms with Crippen LogP contribution in [-0.4, -0.2) is 59.4 Å². The first-order valence-corrected chi connectivity index (χ1v) is 10.4. The maximum absolute atomic E-state index is 13.9. The van der Waals surface area contributed by atoms with E-state index in [2.05, 4.69) is 4.98 Å². The number of Topliss-reactive ketones (excluding diaryl/α,β-unsaturated/α-hetero) is 1. The van der Waals surface area contributed by atoms with Gasteiger partial charge in [-0.15, -0.1) is 0 Å². The lowest BCUT2D eigenvalue weighted by Gasteiger charge is -2.39. The normalized spacial score (nSPS) is 24.3. The van der Waals surface area contributed by atoms with Crippen molar-refractivity contribution in [3.8, 4) is 0 Å². The highest BCUT2D eigenvalue weighted by molar-refractivity contribution is 5.99. The molecule has 5 rings (SSSR count). The molecule has 0 aliphatic carbocycles. The number of nitrogens with zero attached hydrogens (tertiary/aromatic N) is 4. The van der Waals surface area contributed by atoms with Crippen molar-refractivity contribution < 1.29 is 31.5 Å². The van der Waals surface area contributed by atoms with Crippen LogP contribution < -0.4 is 15.4 Å². The first kappa shape index (κ1) is 21.8. The Balaban J connectivity index is 1.53. The van der Waals surface area contributed by atoms with Crippen LogP contribution in [-0.2, 0) is 11.3 Å². The molecular weight excluding hydrogens is 451 g/mol. The minimum atomic E-state index is -4.70. The van der Waals surface area contributed by atoms with Crippen molar-refractivity contribution in [3.05, 3.63) is 51.8 Å². The number of alkyl halides is 3. The van der Waals surface area contributed by atoms with Gasteiger partial charge < -0.3 is 14.5 Å². The number of anilines is 2. The number of carbonyl (C=O) groups excluding carboxylic acids is 1. The fraction of sp³-hybridized carbons (Fsp3) is 0.476. The number of hydrogen-bond donors (Lipinski definition) is 0. The minimum absolute atomic E-state index is 0.0236. The number of ether oxygens (including phenoxy) is 1. The molecule has 2 fully saturated rings. The number of carbonyl (C=O) groups is 1. The van der Waals surface area contributed by atoms with Crippen molar-refractivity contribution in [2.45, 2.75) is 43.8 Å². The predicted molar refractivity (Wildman–Crippen MR) is 106 cm³/mol. The second-order valence-corrected chi connectivity index (χ2v) is 8.43. The SMILES string of the molecule is O=C(CN1c2nc(N3C[C@@H]4C[C@H]3CO4)cc(=O)n2CCC1C(F)(F)F)c1ccc(F)c(F)c1. The van der Waals surface area contributed by atoms with E-state index in [1.807, 2.05) is 4.90 Å². The van der Waals surface area contributed by atoms with Gasteiger partial charge in [-0.05, 0) is 31.0 Å². The summed E-state index contributed by atoms with van der Waals surface area (Å²) in [6.45, 7) is -0.109. The van der Waals surface area contributed by atoms with E-state index in [0.29, 0.717) is 19.2 Å². The Bertz CT molecular complexity index is 1170. The largest absolute Gasteiger partial charge is 0.408 e. The zero-order valence-electron chi connectivity index (χ0n) is 17.2. The smallest absolute Gasteiger partial charge is 0.374 e. The molecule has 3 atom stereocenters. The number of ketones is 1. The molecule has 0 amide bonds. The molecule has 2 saturated heterocycles. The number of benzene rings is 1. The summed E-state index contributed by atoms with van der Waals surface area (Å²) >= 11 is 0. The summed E-state index contributed by atoms with van der Waals surface area (Å²) in [6, 6.07) is 1.58. The fourth-order valence-electron chi connectivity index (χ4n) is 4.72. The molecule has 7 nitrogen and oxygen atoms in total. The Morgan fingerprint density at radius 2 is 1.97 bits per heavy atom. The fourth-order valence-corrected chi connectivity index (χ4v) is 4.72. The second-order valence-electron chi connectivity index (χ2n) is 8.43. The summed E-state index contributed by atoms with van der Waals surface area (Å²) in [5, 5.41) is 0. The Morgan fingerprint density at radius 3 is 2.61 bits per heavy atom. The predicted octanol–water partition coefficient (Wildman–Crippen LogP) is 2.52. The van der Waals surface area contributed by atoms with Gasteiger partial charge in [0.15, 0.2) is 17.4 Å². The number of aromatic nitrogens is 2. The minimum Gasteiger partial charge on any atom is -0.374 e. The van der Waals surface area contributed by atoms with E-state index in [9.17, 15) is 31.5 Å². The highest BCUT2D eigenvalue weighted by Gasteiger charge is 2.48. The molecule has 4 heterocycles. The molecule has 176 valence electrons. The van der Waals surface area contributed by atoms with Gasteiger partial charge in [-0.3, -0.25) is 14.2 Å². The van der Waals surface area contributed by atoms with Crippen molar-refractivity contribution in [1.29, 1.82) is 0 Å². The Hall–Kier alpha value is -3.02. The van der Waals surface area contributed by atoms with Crippen LogP contribution in [0.4, 0.5) is 33.7 Å². The van der Waals surface area contributed by atoms with E-state index in [-0.39, 0.29) is 36.0 Å². The molecule has 0 saturated carbocycles. The summed E-state index contributed by atoms with van der Waals surface area (Å²) in [5.41, 5.74) is -0.802. The molecule has 3 aliphatic heterocycles. The van der Waals surface area contributed by atoms with Crippen LogP contribution in [0.25, 0.3) is 0 Å². The molecule has 33 heavy (non-hydrogen) atoms. The van der Waals surface area contributed by atoms with Crippen LogP contribution in [0, 0.1) is 11.6 Å². The molecule has 2 bridgehead atoms. The van der Waals surface area contributed by atoms with E-state index in [1.165, 1.54) is 6.07 Å². The Labute approximate surface area is 184 Å². The molecule has 2 aromatic rings. The zero-order valence-corrected chi connectivity index (χ0v) is 17.2. The van der Waals surface area contributed by atoms with Crippen LogP contribution >= 0.6 is 0 Å². The highest BCUT2D eigenvalue weighted by atomic mass is 19.4. The number of morpholine rings is 1. The van der Waals surface area contributed by atoms with Crippen LogP contribution in [0.2, 0.25) is 0 Å². The second kappa shape index (κ2) is 7.79. The van der Waals surface area contributed by atoms with Crippen LogP contribution in [0.15, 0.2) is 29.1 Å². The zero-order chi connectivity index (χ0) is 23.5. The average Bonchev–Trinajstić information content (AvgIpc) is 3.39. The number of fused-ring (bicyclic) bond motifs is 3. The van der Waals surface area contributed by atoms with Gasteiger partial charge in [0.25, 0.3) is 5.56 Å². The molecule has 0 spiro atoms. The van der Waals surface area contributed by atoms with Crippen molar-refractivity contribution >= 4 is 17.5 Å². The van der Waals surface area contributed by atoms with Crippen LogP contribution in [0.1, 0.15) is 23.2 Å². The standard InChI is InChI=1S/C21H19F5N4O3/c22-14-2-1-11(5-15(14)23)16(31)9-30-17(21(24,25)26)3-4-28-19(32)7-18(27-20(28)30)29-8-13-6-12(29)10-33-13/h1-2,5,7,12-13,17H,3-4,6,8-10H2/t12-,13-,17?/m0/s1. The first-order chi connectivity index (χ1) is 15.6. The van der Waals surface area contributed by atoms with Crippen LogP contribution in [0.5, 0.6) is 0 Å². The van der Waals surface area contributed by atoms with E-state index < -0.39 is 48.2 Å². The van der Waals surface area contributed by atoms with E-state index in [0.717, 1.165) is 28.0 Å². The van der Waals surface area contributed by atoms with Gasteiger partial charge >= 0.3 is 6.18 Å². The van der Waals surface area contributed by atoms with Crippen molar-refractivity contribution in [3.63, 3.8) is 0 Å². The van der Waals surface area contributed by atoms with Gasteiger partial charge in [-0.2, -0.15) is 18.2 Å². The van der Waals surface area contributed by atoms with Crippen molar-refractivity contribution in [2.24, 2.45) is 0 Å². The van der Waals surface area contributed by atoms with Gasteiger partial charge in [0.1, 0.15) is 11.9 Å². The lowest BCUT2D eigenvalue weighted by atomic mass is 10.1. The molecule has 0 radical (unpaired) electrons.